The molecule has 0 heterocycles. The van der Waals surface area contributed by atoms with Gasteiger partial charge in [-0.1, -0.05) is 12.1 Å². The highest BCUT2D eigenvalue weighted by molar-refractivity contribution is 7.80. The van der Waals surface area contributed by atoms with Crippen molar-refractivity contribution in [3.63, 3.8) is 0 Å². The smallest absolute Gasteiger partial charge is 0.408 e. The van der Waals surface area contributed by atoms with Crippen molar-refractivity contribution in [3.8, 4) is 5.75 Å². The van der Waals surface area contributed by atoms with Crippen molar-refractivity contribution < 1.29 is 38.9 Å². The number of hydrogen-bond donors (Lipinski definition) is 5. The normalized spacial score (nSPS) is 12.7. The van der Waals surface area contributed by atoms with Gasteiger partial charge in [0.15, 0.2) is 0 Å². The Labute approximate surface area is 210 Å². The summed E-state index contributed by atoms with van der Waals surface area (Å²) in [4.78, 5) is 51.5. The number of aliphatic hydroxyl groups is 1. The zero-order chi connectivity index (χ0) is 26.6. The molecule has 0 aliphatic carbocycles. The van der Waals surface area contributed by atoms with Crippen LogP contribution in [0, 0.1) is 0 Å². The van der Waals surface area contributed by atoms with E-state index in [0.717, 1.165) is 4.90 Å². The van der Waals surface area contributed by atoms with Crippen LogP contribution in [0.2, 0.25) is 0 Å². The predicted octanol–water partition coefficient (Wildman–Crippen LogP) is 1.15. The van der Waals surface area contributed by atoms with Gasteiger partial charge in [-0.05, 0) is 45.4 Å². The summed E-state index contributed by atoms with van der Waals surface area (Å²) < 4.78 is 10.0. The van der Waals surface area contributed by atoms with Gasteiger partial charge in [-0.15, -0.1) is 0 Å². The molecule has 0 saturated carbocycles. The van der Waals surface area contributed by atoms with Crippen LogP contribution in [0.5, 0.6) is 5.75 Å². The topological polar surface area (TPSA) is 154 Å². The number of nitrogens with one attached hydrogen (secondary N) is 2. The number of carbonyl (C=O) groups excluding carboxylic acids is 4. The van der Waals surface area contributed by atoms with Gasteiger partial charge >= 0.3 is 12.1 Å². The van der Waals surface area contributed by atoms with Crippen molar-refractivity contribution in [2.24, 2.45) is 0 Å². The number of ether oxygens (including phenoxy) is 2. The van der Waals surface area contributed by atoms with E-state index in [-0.39, 0.29) is 43.2 Å². The summed E-state index contributed by atoms with van der Waals surface area (Å²) in [6, 6.07) is 3.28. The average Bonchev–Trinajstić information content (AvgIpc) is 2.75. The largest absolute Gasteiger partial charge is 0.508 e. The number of phenols is 1. The lowest BCUT2D eigenvalue weighted by molar-refractivity contribution is -0.144. The molecule has 0 fully saturated rings. The fourth-order valence-corrected chi connectivity index (χ4v) is 3.34. The first-order valence-electron chi connectivity index (χ1n) is 11.2. The quantitative estimate of drug-likeness (QED) is 0.206. The summed E-state index contributed by atoms with van der Waals surface area (Å²) in [6.07, 6.45) is -0.929. The molecule has 0 bridgehead atoms. The van der Waals surface area contributed by atoms with Gasteiger partial charge < -0.3 is 35.2 Å². The van der Waals surface area contributed by atoms with E-state index in [1.807, 2.05) is 0 Å². The van der Waals surface area contributed by atoms with E-state index in [9.17, 15) is 29.4 Å². The molecule has 2 atom stereocenters. The van der Waals surface area contributed by atoms with E-state index >= 15 is 0 Å². The first-order chi connectivity index (χ1) is 16.4. The van der Waals surface area contributed by atoms with Gasteiger partial charge in [0, 0.05) is 18.8 Å². The van der Waals surface area contributed by atoms with Crippen LogP contribution < -0.4 is 10.6 Å². The van der Waals surface area contributed by atoms with Crippen molar-refractivity contribution in [1.29, 1.82) is 0 Å². The average molecular weight is 514 g/mol. The summed E-state index contributed by atoms with van der Waals surface area (Å²) >= 11 is 4.15. The van der Waals surface area contributed by atoms with Crippen molar-refractivity contribution in [2.75, 3.05) is 32.1 Å². The van der Waals surface area contributed by atoms with Crippen LogP contribution in [-0.2, 0) is 23.9 Å². The number of amides is 3. The summed E-state index contributed by atoms with van der Waals surface area (Å²) in [7, 11) is 0. The van der Waals surface area contributed by atoms with Crippen LogP contribution in [0.25, 0.3) is 0 Å². The van der Waals surface area contributed by atoms with E-state index < -0.39 is 48.2 Å². The minimum Gasteiger partial charge on any atom is -0.508 e. The Morgan fingerprint density at radius 3 is 2.43 bits per heavy atom. The molecule has 196 valence electrons. The lowest BCUT2D eigenvalue weighted by atomic mass is 10.0. The van der Waals surface area contributed by atoms with Gasteiger partial charge in [0.1, 0.15) is 23.4 Å². The molecule has 3 amide bonds. The summed E-state index contributed by atoms with van der Waals surface area (Å²) in [5.74, 6) is -2.11. The van der Waals surface area contributed by atoms with Gasteiger partial charge in [0.25, 0.3) is 0 Å². The third-order valence-electron chi connectivity index (χ3n) is 4.48. The molecule has 1 aromatic rings. The lowest BCUT2D eigenvalue weighted by Gasteiger charge is -2.33. The fraction of sp³-hybridized carbons (Fsp3) is 0.565. The highest BCUT2D eigenvalue weighted by Gasteiger charge is 2.35. The Hall–Kier alpha value is -2.99. The molecule has 2 unspecified atom stereocenters. The molecule has 1 aromatic carbocycles. The predicted molar refractivity (Wildman–Crippen MR) is 131 cm³/mol. The Kier molecular flexibility index (Phi) is 12.4. The molecule has 0 aromatic heterocycles. The monoisotopic (exact) mass is 513 g/mol. The standard InChI is InChI=1S/C23H35N3O8S/c1-5-33-18(29)9-10-24-20(30)19(15-7-6-8-16(28)13-15)26(11-12-27)21(31)17(14-35)25-22(32)34-23(2,3)4/h6-8,13,17,19,27-28,35H,5,9-12,14H2,1-4H3,(H,24,30)(H,25,32). The highest BCUT2D eigenvalue weighted by Crippen LogP contribution is 2.25. The Bertz CT molecular complexity index is 875. The van der Waals surface area contributed by atoms with Crippen LogP contribution in [0.15, 0.2) is 24.3 Å². The van der Waals surface area contributed by atoms with Crippen molar-refractivity contribution in [2.45, 2.75) is 51.8 Å². The number of aromatic hydroxyl groups is 1. The number of alkyl carbamates (subject to hydrolysis) is 1. The van der Waals surface area contributed by atoms with Gasteiger partial charge in [0.05, 0.1) is 19.6 Å². The van der Waals surface area contributed by atoms with Gasteiger partial charge in [0.2, 0.25) is 11.8 Å². The van der Waals surface area contributed by atoms with Crippen LogP contribution in [0.3, 0.4) is 0 Å². The molecule has 1 rings (SSSR count). The third-order valence-corrected chi connectivity index (χ3v) is 4.84. The van der Waals surface area contributed by atoms with Crippen molar-refractivity contribution >= 4 is 36.5 Å². The Balaban J connectivity index is 3.23. The van der Waals surface area contributed by atoms with Gasteiger partial charge in [-0.25, -0.2) is 4.79 Å². The van der Waals surface area contributed by atoms with Crippen LogP contribution >= 0.6 is 12.6 Å². The number of esters is 1. The first kappa shape index (κ1) is 30.0. The minimum atomic E-state index is -1.29. The number of hydrogen-bond acceptors (Lipinski definition) is 9. The van der Waals surface area contributed by atoms with E-state index in [2.05, 4.69) is 23.3 Å². The van der Waals surface area contributed by atoms with Crippen LogP contribution in [0.4, 0.5) is 4.79 Å². The maximum Gasteiger partial charge on any atom is 0.408 e. The van der Waals surface area contributed by atoms with Crippen LogP contribution in [0.1, 0.15) is 45.7 Å². The maximum atomic E-state index is 13.4. The number of thiol groups is 1. The molecule has 4 N–H and O–H groups in total. The second kappa shape index (κ2) is 14.4. The summed E-state index contributed by atoms with van der Waals surface area (Å²) in [5, 5.41) is 24.6. The molecule has 0 radical (unpaired) electrons. The molecular weight excluding hydrogens is 478 g/mol. The molecular formula is C23H35N3O8S. The van der Waals surface area contributed by atoms with E-state index in [4.69, 9.17) is 9.47 Å². The number of carbonyl (C=O) groups is 4. The summed E-state index contributed by atoms with van der Waals surface area (Å²) in [6.45, 7) is 6.07. The second-order valence-corrected chi connectivity index (χ2v) is 8.85. The summed E-state index contributed by atoms with van der Waals surface area (Å²) in [5.41, 5.74) is -0.544. The molecule has 0 aliphatic heterocycles. The molecule has 0 spiro atoms. The van der Waals surface area contributed by atoms with Crippen molar-refractivity contribution in [3.05, 3.63) is 29.8 Å². The zero-order valence-corrected chi connectivity index (χ0v) is 21.3. The van der Waals surface area contributed by atoms with E-state index in [1.165, 1.54) is 24.3 Å². The Morgan fingerprint density at radius 2 is 1.89 bits per heavy atom. The van der Waals surface area contributed by atoms with E-state index in [0.29, 0.717) is 0 Å². The minimum absolute atomic E-state index is 0.0553. The molecule has 11 nitrogen and oxygen atoms in total. The van der Waals surface area contributed by atoms with Gasteiger partial charge in [-0.3, -0.25) is 14.4 Å². The fourth-order valence-electron chi connectivity index (χ4n) is 3.10. The molecule has 12 heteroatoms. The van der Waals surface area contributed by atoms with Crippen LogP contribution in [-0.4, -0.2) is 82.7 Å². The number of nitrogens with zero attached hydrogens (tertiary/aromatic N) is 1. The SMILES string of the molecule is CCOC(=O)CCNC(=O)C(c1cccc(O)c1)N(CCO)C(=O)C(CS)NC(=O)OC(C)(C)C. The molecule has 35 heavy (non-hydrogen) atoms. The second-order valence-electron chi connectivity index (χ2n) is 8.48. The highest BCUT2D eigenvalue weighted by atomic mass is 32.1. The first-order valence-corrected chi connectivity index (χ1v) is 11.8. The third kappa shape index (κ3) is 10.4. The number of rotatable bonds is 12. The van der Waals surface area contributed by atoms with Gasteiger partial charge in [-0.2, -0.15) is 12.6 Å². The molecule has 0 aliphatic rings. The molecule has 0 saturated heterocycles. The number of aliphatic hydroxyl groups excluding tert-OH is 1. The lowest BCUT2D eigenvalue weighted by Crippen LogP contribution is -2.54. The number of phenolic OH excluding ortho intramolecular Hbond substituents is 1. The maximum absolute atomic E-state index is 13.4. The van der Waals surface area contributed by atoms with Crippen molar-refractivity contribution in [1.82, 2.24) is 15.5 Å². The number of benzene rings is 1. The zero-order valence-electron chi connectivity index (χ0n) is 20.4. The van der Waals surface area contributed by atoms with E-state index in [1.54, 1.807) is 27.7 Å². The Morgan fingerprint density at radius 1 is 1.20 bits per heavy atom.